The number of carbonyl (C=O) groups excluding carboxylic acids is 1. The lowest BCUT2D eigenvalue weighted by atomic mass is 9.33. The number of hydrogen-bond acceptors (Lipinski definition) is 18. The number of ether oxygens (including phenoxy) is 6. The molecule has 0 radical (unpaired) electrons. The molecule has 3 saturated heterocycles. The second kappa shape index (κ2) is 18.1. The van der Waals surface area contributed by atoms with Crippen LogP contribution in [0.2, 0.25) is 0 Å². The highest BCUT2D eigenvalue weighted by atomic mass is 16.8. The van der Waals surface area contributed by atoms with E-state index in [4.69, 9.17) is 28.4 Å². The minimum Gasteiger partial charge on any atom is -0.479 e. The van der Waals surface area contributed by atoms with Crippen LogP contribution in [0.15, 0.2) is 11.6 Å². The van der Waals surface area contributed by atoms with Gasteiger partial charge >= 0.3 is 5.97 Å². The van der Waals surface area contributed by atoms with Crippen molar-refractivity contribution in [1.82, 2.24) is 0 Å². The maximum atomic E-state index is 13.8. The third kappa shape index (κ3) is 8.01. The Morgan fingerprint density at radius 1 is 0.672 bits per heavy atom. The summed E-state index contributed by atoms with van der Waals surface area (Å²) in [5.41, 5.74) is -0.597. The minimum absolute atomic E-state index is 0.0909. The maximum Gasteiger partial charge on any atom is 0.335 e. The molecule has 382 valence electrons. The maximum absolute atomic E-state index is 13.8. The summed E-state index contributed by atoms with van der Waals surface area (Å²) < 4.78 is 35.9. The number of allylic oxidation sites excluding steroid dienone is 2. The van der Waals surface area contributed by atoms with E-state index in [1.807, 2.05) is 6.92 Å². The lowest BCUT2D eigenvalue weighted by molar-refractivity contribution is -0.397. The largest absolute Gasteiger partial charge is 0.479 e. The van der Waals surface area contributed by atoms with Gasteiger partial charge in [-0.3, -0.25) is 4.79 Å². The number of aliphatic hydroxyl groups excluding tert-OH is 10. The van der Waals surface area contributed by atoms with Crippen molar-refractivity contribution >= 4 is 11.8 Å². The fourth-order valence-electron chi connectivity index (χ4n) is 14.9. The Morgan fingerprint density at radius 2 is 1.25 bits per heavy atom. The quantitative estimate of drug-likeness (QED) is 0.101. The van der Waals surface area contributed by atoms with Crippen LogP contribution in [-0.4, -0.2) is 186 Å². The number of aliphatic hydroxyl groups is 10. The van der Waals surface area contributed by atoms with Crippen LogP contribution in [-0.2, 0) is 38.0 Å². The van der Waals surface area contributed by atoms with E-state index in [1.54, 1.807) is 0 Å². The molecular weight excluding hydrogens is 881 g/mol. The highest BCUT2D eigenvalue weighted by Gasteiger charge is 2.70. The standard InChI is InChI=1S/C48H76O19/c1-43(2)16-22-21-8-9-26-45(4)12-11-28(46(5,20-51)25(45)10-13-48(26,7)47(21,6)15-14-44(22,3)27(52)17-43)64-42-38(34(58)33(57)36(65-42)39(60)61)67-41-37(32(56)30(54)24(19-50)63-41)66-40-35(59)31(55)29(53)23(18-49)62-40/h8,22-26,28-38,40-42,49-51,53-59H,9-20H2,1-7H3,(H,60,61)/t22-,23?,24+,25+,26+,28?,29?,30?,31?,32?,33?,34?,35?,36?,37?,38?,40?,41?,42?,44+,45-,46+,47+,48+/m0/s1. The molecule has 19 heteroatoms. The molecule has 3 heterocycles. The Balaban J connectivity index is 1.08. The summed E-state index contributed by atoms with van der Waals surface area (Å²) in [5, 5.41) is 118. The smallest absolute Gasteiger partial charge is 0.335 e. The van der Waals surface area contributed by atoms with Crippen molar-refractivity contribution in [2.45, 2.75) is 204 Å². The number of carbonyl (C=O) groups is 2. The number of fused-ring (bicyclic) bond motifs is 7. The monoisotopic (exact) mass is 956 g/mol. The van der Waals surface area contributed by atoms with Gasteiger partial charge in [-0.05, 0) is 90.8 Å². The number of hydrogen-bond donors (Lipinski definition) is 11. The third-order valence-electron chi connectivity index (χ3n) is 19.3. The van der Waals surface area contributed by atoms with Gasteiger partial charge in [0.2, 0.25) is 0 Å². The van der Waals surface area contributed by atoms with Gasteiger partial charge in [-0.1, -0.05) is 60.1 Å². The molecule has 7 fully saturated rings. The first kappa shape index (κ1) is 51.6. The Labute approximate surface area is 391 Å². The molecule has 15 unspecified atom stereocenters. The van der Waals surface area contributed by atoms with E-state index in [-0.39, 0.29) is 51.4 Å². The summed E-state index contributed by atoms with van der Waals surface area (Å²) in [4.78, 5) is 26.3. The Kier molecular flexibility index (Phi) is 13.9. The zero-order valence-electron chi connectivity index (χ0n) is 39.7. The van der Waals surface area contributed by atoms with Gasteiger partial charge in [-0.25, -0.2) is 4.79 Å². The first-order valence-corrected chi connectivity index (χ1v) is 24.3. The van der Waals surface area contributed by atoms with Crippen LogP contribution in [0.3, 0.4) is 0 Å². The molecule has 3 aliphatic heterocycles. The summed E-state index contributed by atoms with van der Waals surface area (Å²) in [6, 6.07) is 0. The lowest BCUT2D eigenvalue weighted by Gasteiger charge is -2.71. The van der Waals surface area contributed by atoms with Crippen LogP contribution in [0.25, 0.3) is 0 Å². The molecule has 0 aromatic rings. The van der Waals surface area contributed by atoms with E-state index in [9.17, 15) is 65.8 Å². The second-order valence-corrected chi connectivity index (χ2v) is 23.4. The molecule has 5 aliphatic carbocycles. The van der Waals surface area contributed by atoms with E-state index in [1.165, 1.54) is 5.57 Å². The van der Waals surface area contributed by atoms with Gasteiger partial charge in [0.05, 0.1) is 25.9 Å². The molecule has 24 atom stereocenters. The van der Waals surface area contributed by atoms with Gasteiger partial charge in [-0.2, -0.15) is 0 Å². The molecule has 0 bridgehead atoms. The van der Waals surface area contributed by atoms with Gasteiger partial charge in [0, 0.05) is 17.3 Å². The van der Waals surface area contributed by atoms with E-state index >= 15 is 0 Å². The van der Waals surface area contributed by atoms with Crippen LogP contribution in [0.1, 0.15) is 106 Å². The molecule has 67 heavy (non-hydrogen) atoms. The topological polar surface area (TPSA) is 312 Å². The van der Waals surface area contributed by atoms with Gasteiger partial charge in [0.15, 0.2) is 25.0 Å². The number of aliphatic carboxylic acids is 1. The summed E-state index contributed by atoms with van der Waals surface area (Å²) in [7, 11) is 0. The van der Waals surface area contributed by atoms with Gasteiger partial charge in [-0.15, -0.1) is 0 Å². The molecule has 19 nitrogen and oxygen atoms in total. The Hall–Kier alpha value is -1.76. The van der Waals surface area contributed by atoms with E-state index < -0.39 is 123 Å². The predicted molar refractivity (Wildman–Crippen MR) is 231 cm³/mol. The van der Waals surface area contributed by atoms with Crippen molar-refractivity contribution < 1.29 is 94.2 Å². The zero-order chi connectivity index (χ0) is 49.1. The molecule has 0 aromatic heterocycles. The highest BCUT2D eigenvalue weighted by Crippen LogP contribution is 2.75. The molecule has 4 saturated carbocycles. The summed E-state index contributed by atoms with van der Waals surface area (Å²) in [6.07, 6.45) is -19.5. The minimum atomic E-state index is -2.10. The SMILES string of the molecule is CC1(C)CC(=O)[C@]2(C)CC[C@]3(C)C(=CC[C@@H]4[C@@]5(C)CCC(OC6OC(C(=O)O)C(O)C(O)C6OC6O[C@H](CO)C(O)C(O)C6OC6OC(CO)C(O)C(O)C6O)[C@](C)(CO)[C@@H]5CC[C@]43C)[C@@H]2C1. The van der Waals surface area contributed by atoms with E-state index in [2.05, 4.69) is 47.6 Å². The van der Waals surface area contributed by atoms with Crippen molar-refractivity contribution in [1.29, 1.82) is 0 Å². The van der Waals surface area contributed by atoms with Crippen LogP contribution < -0.4 is 0 Å². The van der Waals surface area contributed by atoms with Crippen molar-refractivity contribution in [3.8, 4) is 0 Å². The van der Waals surface area contributed by atoms with Crippen LogP contribution in [0, 0.1) is 50.2 Å². The van der Waals surface area contributed by atoms with Gasteiger partial charge in [0.1, 0.15) is 72.9 Å². The number of ketones is 1. The Bertz CT molecular complexity index is 1880. The molecule has 8 aliphatic rings. The summed E-state index contributed by atoms with van der Waals surface area (Å²) in [6.45, 7) is 13.7. The van der Waals surface area contributed by atoms with Crippen molar-refractivity contribution in [2.75, 3.05) is 19.8 Å². The van der Waals surface area contributed by atoms with E-state index in [0.29, 0.717) is 25.0 Å². The lowest BCUT2D eigenvalue weighted by Crippen LogP contribution is -2.68. The average molecular weight is 957 g/mol. The molecule has 0 aromatic carbocycles. The van der Waals surface area contributed by atoms with Crippen LogP contribution in [0.5, 0.6) is 0 Å². The highest BCUT2D eigenvalue weighted by molar-refractivity contribution is 5.87. The Morgan fingerprint density at radius 3 is 1.87 bits per heavy atom. The molecule has 0 spiro atoms. The van der Waals surface area contributed by atoms with Crippen molar-refractivity contribution in [3.63, 3.8) is 0 Å². The average Bonchev–Trinajstić information content (AvgIpc) is 3.27. The first-order valence-electron chi connectivity index (χ1n) is 24.3. The summed E-state index contributed by atoms with van der Waals surface area (Å²) >= 11 is 0. The predicted octanol–water partition coefficient (Wildman–Crippen LogP) is -0.115. The van der Waals surface area contributed by atoms with Crippen molar-refractivity contribution in [3.05, 3.63) is 11.6 Å². The van der Waals surface area contributed by atoms with Crippen molar-refractivity contribution in [2.24, 2.45) is 50.2 Å². The second-order valence-electron chi connectivity index (χ2n) is 23.4. The number of rotatable bonds is 10. The number of carboxylic acid groups (broad SMARTS) is 1. The molecule has 8 rings (SSSR count). The first-order chi connectivity index (χ1) is 31.3. The van der Waals surface area contributed by atoms with Gasteiger partial charge < -0.3 is 84.6 Å². The third-order valence-corrected chi connectivity index (χ3v) is 19.3. The fourth-order valence-corrected chi connectivity index (χ4v) is 14.9. The summed E-state index contributed by atoms with van der Waals surface area (Å²) in [5.74, 6) is -0.996. The van der Waals surface area contributed by atoms with Crippen LogP contribution in [0.4, 0.5) is 0 Å². The fraction of sp³-hybridized carbons (Fsp3) is 0.917. The molecule has 0 amide bonds. The molecular formula is C48H76O19. The number of carboxylic acids is 1. The van der Waals surface area contributed by atoms with Gasteiger partial charge in [0.25, 0.3) is 0 Å². The molecule has 11 N–H and O–H groups in total. The normalized spacial score (nSPS) is 54.2. The number of Topliss-reactive ketones (excluding diaryl/α,β-unsaturated/α-hetero) is 1. The van der Waals surface area contributed by atoms with Crippen LogP contribution >= 0.6 is 0 Å². The van der Waals surface area contributed by atoms with E-state index in [0.717, 1.165) is 38.5 Å². The zero-order valence-corrected chi connectivity index (χ0v) is 39.7.